The number of nitrogens with one attached hydrogen (secondary N) is 1. The van der Waals surface area contributed by atoms with Crippen LogP contribution >= 0.6 is 0 Å². The summed E-state index contributed by atoms with van der Waals surface area (Å²) in [5, 5.41) is 0.464. The van der Waals surface area contributed by atoms with Gasteiger partial charge in [-0.15, -0.1) is 0 Å². The Bertz CT molecular complexity index is 960. The zero-order valence-corrected chi connectivity index (χ0v) is 15.5. The molecule has 1 N–H and O–H groups in total. The first kappa shape index (κ1) is 17.8. The summed E-state index contributed by atoms with van der Waals surface area (Å²) in [4.78, 5) is 22.2. The topological polar surface area (TPSA) is 67.5 Å². The molecule has 6 heteroatoms. The number of anilines is 1. The second-order valence-corrected chi connectivity index (χ2v) is 5.86. The first-order valence-electron chi connectivity index (χ1n) is 8.62. The van der Waals surface area contributed by atoms with Crippen molar-refractivity contribution in [3.05, 3.63) is 46.8 Å². The van der Waals surface area contributed by atoms with Gasteiger partial charge in [0.1, 0.15) is 5.82 Å². The molecule has 0 radical (unpaired) electrons. The molecule has 1 aromatic heterocycles. The van der Waals surface area contributed by atoms with Crippen LogP contribution in [0.1, 0.15) is 13.8 Å². The summed E-state index contributed by atoms with van der Waals surface area (Å²) in [6.45, 7) is 6.15. The van der Waals surface area contributed by atoms with Crippen molar-refractivity contribution in [2.24, 2.45) is 0 Å². The number of benzene rings is 2. The number of H-pyrrole nitrogens is 1. The van der Waals surface area contributed by atoms with E-state index < -0.39 is 0 Å². The van der Waals surface area contributed by atoms with Gasteiger partial charge in [0, 0.05) is 30.4 Å². The van der Waals surface area contributed by atoms with E-state index in [0.717, 1.165) is 24.3 Å². The molecular weight excluding hydrogens is 330 g/mol. The normalized spacial score (nSPS) is 10.8. The first-order chi connectivity index (χ1) is 12.6. The molecule has 6 nitrogen and oxygen atoms in total. The van der Waals surface area contributed by atoms with Gasteiger partial charge >= 0.3 is 0 Å². The summed E-state index contributed by atoms with van der Waals surface area (Å²) < 4.78 is 10.6. The van der Waals surface area contributed by atoms with Crippen molar-refractivity contribution in [2.45, 2.75) is 13.8 Å². The van der Waals surface area contributed by atoms with Crippen LogP contribution in [0.3, 0.4) is 0 Å². The number of fused-ring (bicyclic) bond motifs is 1. The summed E-state index contributed by atoms with van der Waals surface area (Å²) in [7, 11) is 3.10. The fraction of sp³-hybridized carbons (Fsp3) is 0.300. The van der Waals surface area contributed by atoms with E-state index in [2.05, 4.69) is 28.7 Å². The molecule has 1 heterocycles. The van der Waals surface area contributed by atoms with Gasteiger partial charge in [-0.05, 0) is 44.2 Å². The van der Waals surface area contributed by atoms with Crippen LogP contribution in [0.5, 0.6) is 11.5 Å². The zero-order chi connectivity index (χ0) is 18.7. The van der Waals surface area contributed by atoms with E-state index >= 15 is 0 Å². The van der Waals surface area contributed by atoms with E-state index in [9.17, 15) is 4.79 Å². The maximum absolute atomic E-state index is 12.5. The second-order valence-electron chi connectivity index (χ2n) is 5.86. The highest BCUT2D eigenvalue weighted by atomic mass is 16.5. The minimum absolute atomic E-state index is 0.209. The standard InChI is InChI=1S/C20H23N3O3/c1-5-23(6-2)14-9-7-13(8-10-14)19-21-16-12-18(26-4)17(25-3)11-15(16)20(24)22-19/h7-12H,5-6H2,1-4H3,(H,21,22,24). The molecule has 0 aliphatic heterocycles. The van der Waals surface area contributed by atoms with E-state index in [1.807, 2.05) is 24.3 Å². The minimum atomic E-state index is -0.209. The fourth-order valence-electron chi connectivity index (χ4n) is 3.02. The van der Waals surface area contributed by atoms with E-state index in [-0.39, 0.29) is 5.56 Å². The highest BCUT2D eigenvalue weighted by Crippen LogP contribution is 2.30. The van der Waals surface area contributed by atoms with Crippen LogP contribution in [-0.2, 0) is 0 Å². The molecule has 0 spiro atoms. The van der Waals surface area contributed by atoms with Gasteiger partial charge in [-0.2, -0.15) is 0 Å². The van der Waals surface area contributed by atoms with E-state index in [0.29, 0.717) is 28.2 Å². The maximum atomic E-state index is 12.5. The van der Waals surface area contributed by atoms with Crippen molar-refractivity contribution in [3.8, 4) is 22.9 Å². The molecule has 3 aromatic rings. The number of nitrogens with zero attached hydrogens (tertiary/aromatic N) is 2. The SMILES string of the molecule is CCN(CC)c1ccc(-c2nc3cc(OC)c(OC)cc3c(=O)[nH]2)cc1. The van der Waals surface area contributed by atoms with Gasteiger partial charge in [0.2, 0.25) is 0 Å². The van der Waals surface area contributed by atoms with Crippen molar-refractivity contribution in [1.29, 1.82) is 0 Å². The summed E-state index contributed by atoms with van der Waals surface area (Å²) in [6.07, 6.45) is 0. The number of rotatable bonds is 6. The second kappa shape index (κ2) is 7.47. The molecule has 0 aliphatic carbocycles. The van der Waals surface area contributed by atoms with Crippen molar-refractivity contribution in [3.63, 3.8) is 0 Å². The fourth-order valence-corrected chi connectivity index (χ4v) is 3.02. The number of methoxy groups -OCH3 is 2. The summed E-state index contributed by atoms with van der Waals surface area (Å²) in [5.41, 5.74) is 2.36. The van der Waals surface area contributed by atoms with E-state index in [4.69, 9.17) is 9.47 Å². The Hall–Kier alpha value is -3.02. The highest BCUT2D eigenvalue weighted by Gasteiger charge is 2.12. The van der Waals surface area contributed by atoms with Crippen molar-refractivity contribution >= 4 is 16.6 Å². The molecule has 136 valence electrons. The van der Waals surface area contributed by atoms with E-state index in [1.165, 1.54) is 7.11 Å². The molecule has 0 saturated carbocycles. The smallest absolute Gasteiger partial charge is 0.259 e. The summed E-state index contributed by atoms with van der Waals surface area (Å²) >= 11 is 0. The molecule has 0 saturated heterocycles. The Morgan fingerprint density at radius 2 is 1.62 bits per heavy atom. The third kappa shape index (κ3) is 3.22. The zero-order valence-electron chi connectivity index (χ0n) is 15.5. The molecule has 0 bridgehead atoms. The van der Waals surface area contributed by atoms with Gasteiger partial charge in [-0.3, -0.25) is 4.79 Å². The Labute approximate surface area is 152 Å². The Balaban J connectivity index is 2.07. The van der Waals surface area contributed by atoms with E-state index in [1.54, 1.807) is 19.2 Å². The van der Waals surface area contributed by atoms with Crippen LogP contribution in [0.25, 0.3) is 22.3 Å². The van der Waals surface area contributed by atoms with Crippen LogP contribution < -0.4 is 19.9 Å². The summed E-state index contributed by atoms with van der Waals surface area (Å²) in [5.74, 6) is 1.57. The lowest BCUT2D eigenvalue weighted by molar-refractivity contribution is 0.355. The van der Waals surface area contributed by atoms with Crippen LogP contribution in [-0.4, -0.2) is 37.3 Å². The number of aromatic nitrogens is 2. The Morgan fingerprint density at radius 3 is 2.19 bits per heavy atom. The number of aromatic amines is 1. The molecule has 26 heavy (non-hydrogen) atoms. The third-order valence-electron chi connectivity index (χ3n) is 4.48. The monoisotopic (exact) mass is 353 g/mol. The first-order valence-corrected chi connectivity index (χ1v) is 8.62. The van der Waals surface area contributed by atoms with Crippen LogP contribution in [0.15, 0.2) is 41.2 Å². The van der Waals surface area contributed by atoms with Gasteiger partial charge in [0.05, 0.1) is 25.1 Å². The molecule has 3 rings (SSSR count). The lowest BCUT2D eigenvalue weighted by Gasteiger charge is -2.21. The number of hydrogen-bond donors (Lipinski definition) is 1. The highest BCUT2D eigenvalue weighted by molar-refractivity contribution is 5.83. The Kier molecular flexibility index (Phi) is 5.11. The lowest BCUT2D eigenvalue weighted by Crippen LogP contribution is -2.21. The molecule has 0 amide bonds. The van der Waals surface area contributed by atoms with Crippen molar-refractivity contribution in [2.75, 3.05) is 32.2 Å². The third-order valence-corrected chi connectivity index (χ3v) is 4.48. The molecule has 0 aliphatic rings. The average molecular weight is 353 g/mol. The van der Waals surface area contributed by atoms with Gasteiger partial charge in [-0.25, -0.2) is 4.98 Å². The molecular formula is C20H23N3O3. The predicted octanol–water partition coefficient (Wildman–Crippen LogP) is 3.45. The Morgan fingerprint density at radius 1 is 1.00 bits per heavy atom. The van der Waals surface area contributed by atoms with Gasteiger partial charge in [-0.1, -0.05) is 0 Å². The van der Waals surface area contributed by atoms with Crippen LogP contribution in [0, 0.1) is 0 Å². The average Bonchev–Trinajstić information content (AvgIpc) is 2.68. The molecule has 2 aromatic carbocycles. The van der Waals surface area contributed by atoms with Crippen molar-refractivity contribution < 1.29 is 9.47 Å². The molecule has 0 fully saturated rings. The van der Waals surface area contributed by atoms with Crippen LogP contribution in [0.4, 0.5) is 5.69 Å². The number of ether oxygens (including phenoxy) is 2. The lowest BCUT2D eigenvalue weighted by atomic mass is 10.1. The molecule has 0 unspecified atom stereocenters. The summed E-state index contributed by atoms with van der Waals surface area (Å²) in [6, 6.07) is 11.4. The minimum Gasteiger partial charge on any atom is -0.493 e. The quantitative estimate of drug-likeness (QED) is 0.735. The maximum Gasteiger partial charge on any atom is 0.259 e. The van der Waals surface area contributed by atoms with Crippen molar-refractivity contribution in [1.82, 2.24) is 9.97 Å². The number of hydrogen-bond acceptors (Lipinski definition) is 5. The van der Waals surface area contributed by atoms with Gasteiger partial charge in [0.25, 0.3) is 5.56 Å². The largest absolute Gasteiger partial charge is 0.493 e. The van der Waals surface area contributed by atoms with Gasteiger partial charge in [0.15, 0.2) is 11.5 Å². The van der Waals surface area contributed by atoms with Gasteiger partial charge < -0.3 is 19.4 Å². The predicted molar refractivity (Wildman–Crippen MR) is 104 cm³/mol. The molecule has 0 atom stereocenters. The van der Waals surface area contributed by atoms with Crippen LogP contribution in [0.2, 0.25) is 0 Å².